The van der Waals surface area contributed by atoms with Crippen LogP contribution in [-0.4, -0.2) is 42.6 Å². The SMILES string of the molecule is C=CC[N+]1(O)CCNCC1. The first-order valence-electron chi connectivity index (χ1n) is 3.67. The maximum absolute atomic E-state index is 9.70. The lowest BCUT2D eigenvalue weighted by molar-refractivity contribution is -1.10. The Balaban J connectivity index is 2.39. The fraction of sp³-hybridized carbons (Fsp3) is 0.714. The molecule has 1 rings (SSSR count). The molecule has 2 N–H and O–H groups in total. The molecule has 10 heavy (non-hydrogen) atoms. The van der Waals surface area contributed by atoms with E-state index in [-0.39, 0.29) is 4.65 Å². The predicted octanol–water partition coefficient (Wildman–Crippen LogP) is -0.0184. The van der Waals surface area contributed by atoms with E-state index in [1.165, 1.54) is 0 Å². The molecule has 1 aliphatic rings. The third-order valence-corrected chi connectivity index (χ3v) is 1.88. The normalized spacial score (nSPS) is 24.1. The van der Waals surface area contributed by atoms with Crippen LogP contribution in [0, 0.1) is 0 Å². The smallest absolute Gasteiger partial charge is 0.127 e. The van der Waals surface area contributed by atoms with Crippen molar-refractivity contribution in [1.29, 1.82) is 0 Å². The van der Waals surface area contributed by atoms with Gasteiger partial charge in [0.2, 0.25) is 0 Å². The molecule has 1 heterocycles. The second-order valence-corrected chi connectivity index (χ2v) is 2.76. The minimum Gasteiger partial charge on any atom is -0.306 e. The van der Waals surface area contributed by atoms with Crippen molar-refractivity contribution in [1.82, 2.24) is 5.32 Å². The van der Waals surface area contributed by atoms with E-state index in [4.69, 9.17) is 0 Å². The van der Waals surface area contributed by atoms with Gasteiger partial charge in [-0.3, -0.25) is 0 Å². The Kier molecular flexibility index (Phi) is 2.43. The minimum absolute atomic E-state index is 0.163. The van der Waals surface area contributed by atoms with E-state index in [0.717, 1.165) is 26.2 Å². The summed E-state index contributed by atoms with van der Waals surface area (Å²) >= 11 is 0. The fourth-order valence-electron chi connectivity index (χ4n) is 1.23. The molecule has 0 bridgehead atoms. The summed E-state index contributed by atoms with van der Waals surface area (Å²) in [5.74, 6) is 0. The monoisotopic (exact) mass is 143 g/mol. The van der Waals surface area contributed by atoms with E-state index >= 15 is 0 Å². The van der Waals surface area contributed by atoms with Gasteiger partial charge in [0.25, 0.3) is 0 Å². The van der Waals surface area contributed by atoms with E-state index in [1.54, 1.807) is 6.08 Å². The number of quaternary nitrogens is 1. The van der Waals surface area contributed by atoms with Gasteiger partial charge in [0.05, 0.1) is 0 Å². The molecule has 1 fully saturated rings. The second kappa shape index (κ2) is 3.14. The second-order valence-electron chi connectivity index (χ2n) is 2.76. The Hall–Kier alpha value is -0.380. The van der Waals surface area contributed by atoms with Crippen molar-refractivity contribution in [3.8, 4) is 0 Å². The highest BCUT2D eigenvalue weighted by Crippen LogP contribution is 2.02. The summed E-state index contributed by atoms with van der Waals surface area (Å²) in [6, 6.07) is 0. The summed E-state index contributed by atoms with van der Waals surface area (Å²) in [5.41, 5.74) is 0. The maximum Gasteiger partial charge on any atom is 0.127 e. The van der Waals surface area contributed by atoms with Crippen molar-refractivity contribution >= 4 is 0 Å². The van der Waals surface area contributed by atoms with E-state index in [9.17, 15) is 5.21 Å². The third-order valence-electron chi connectivity index (χ3n) is 1.88. The van der Waals surface area contributed by atoms with Crippen molar-refractivity contribution in [2.75, 3.05) is 32.7 Å². The first-order valence-corrected chi connectivity index (χ1v) is 3.67. The first kappa shape index (κ1) is 7.72. The summed E-state index contributed by atoms with van der Waals surface area (Å²) in [5, 5.41) is 12.9. The minimum atomic E-state index is 0.163. The Morgan fingerprint density at radius 1 is 1.50 bits per heavy atom. The van der Waals surface area contributed by atoms with Crippen LogP contribution in [0.5, 0.6) is 0 Å². The van der Waals surface area contributed by atoms with Gasteiger partial charge >= 0.3 is 0 Å². The molecule has 0 atom stereocenters. The molecule has 0 aliphatic carbocycles. The highest BCUT2D eigenvalue weighted by Gasteiger charge is 2.25. The quantitative estimate of drug-likeness (QED) is 0.420. The number of piperazine rings is 1. The van der Waals surface area contributed by atoms with Crippen LogP contribution in [0.25, 0.3) is 0 Å². The van der Waals surface area contributed by atoms with E-state index in [1.807, 2.05) is 0 Å². The number of nitrogens with one attached hydrogen (secondary N) is 1. The Morgan fingerprint density at radius 2 is 2.10 bits per heavy atom. The molecule has 0 spiro atoms. The van der Waals surface area contributed by atoms with Crippen LogP contribution in [0.1, 0.15) is 0 Å². The first-order chi connectivity index (χ1) is 4.77. The lowest BCUT2D eigenvalue weighted by Crippen LogP contribution is -2.56. The van der Waals surface area contributed by atoms with Gasteiger partial charge in [-0.1, -0.05) is 6.58 Å². The van der Waals surface area contributed by atoms with Crippen LogP contribution in [0.15, 0.2) is 12.7 Å². The topological polar surface area (TPSA) is 32.3 Å². The van der Waals surface area contributed by atoms with Gasteiger partial charge in [-0.15, -0.1) is 0 Å². The number of hydrogen-bond acceptors (Lipinski definition) is 2. The van der Waals surface area contributed by atoms with Crippen molar-refractivity contribution in [2.24, 2.45) is 0 Å². The summed E-state index contributed by atoms with van der Waals surface area (Å²) in [6.45, 7) is 7.68. The number of hydrogen-bond donors (Lipinski definition) is 2. The highest BCUT2D eigenvalue weighted by atomic mass is 16.5. The summed E-state index contributed by atoms with van der Waals surface area (Å²) in [7, 11) is 0. The third kappa shape index (κ3) is 1.80. The summed E-state index contributed by atoms with van der Waals surface area (Å²) in [6.07, 6.45) is 1.77. The molecule has 0 amide bonds. The van der Waals surface area contributed by atoms with Crippen LogP contribution >= 0.6 is 0 Å². The van der Waals surface area contributed by atoms with Gasteiger partial charge in [-0.25, -0.2) is 5.21 Å². The molecular weight excluding hydrogens is 128 g/mol. The molecule has 3 nitrogen and oxygen atoms in total. The summed E-state index contributed by atoms with van der Waals surface area (Å²) in [4.78, 5) is 0. The molecule has 0 aromatic carbocycles. The van der Waals surface area contributed by atoms with Crippen molar-refractivity contribution < 1.29 is 9.85 Å². The highest BCUT2D eigenvalue weighted by molar-refractivity contribution is 4.66. The lowest BCUT2D eigenvalue weighted by atomic mass is 10.3. The summed E-state index contributed by atoms with van der Waals surface area (Å²) < 4.78 is 0.163. The molecule has 3 heteroatoms. The molecule has 58 valence electrons. The van der Waals surface area contributed by atoms with Crippen LogP contribution in [0.2, 0.25) is 0 Å². The van der Waals surface area contributed by atoms with Gasteiger partial charge in [-0.05, 0) is 6.08 Å². The fourth-order valence-corrected chi connectivity index (χ4v) is 1.23. The lowest BCUT2D eigenvalue weighted by Gasteiger charge is -2.32. The molecule has 0 unspecified atom stereocenters. The van der Waals surface area contributed by atoms with Crippen molar-refractivity contribution in [3.05, 3.63) is 12.7 Å². The molecule has 0 aromatic rings. The zero-order valence-corrected chi connectivity index (χ0v) is 6.21. The van der Waals surface area contributed by atoms with Crippen LogP contribution in [0.4, 0.5) is 0 Å². The average molecular weight is 143 g/mol. The molecule has 0 aromatic heterocycles. The van der Waals surface area contributed by atoms with Gasteiger partial charge in [0.15, 0.2) is 0 Å². The zero-order chi connectivity index (χ0) is 7.45. The zero-order valence-electron chi connectivity index (χ0n) is 6.21. The number of rotatable bonds is 2. The van der Waals surface area contributed by atoms with Gasteiger partial charge in [0.1, 0.15) is 19.6 Å². The molecule has 1 saturated heterocycles. The Morgan fingerprint density at radius 3 is 2.60 bits per heavy atom. The van der Waals surface area contributed by atoms with Gasteiger partial charge < -0.3 is 5.32 Å². The predicted molar refractivity (Wildman–Crippen MR) is 39.7 cm³/mol. The van der Waals surface area contributed by atoms with Gasteiger partial charge in [0, 0.05) is 13.1 Å². The Bertz CT molecular complexity index is 119. The molecule has 0 saturated carbocycles. The van der Waals surface area contributed by atoms with Gasteiger partial charge in [-0.2, -0.15) is 4.65 Å². The standard InChI is InChI=1S/C7H15N2O/c1-2-5-9(10)6-3-8-4-7-9/h2,8,10H,1,3-7H2/q+1. The average Bonchev–Trinajstić information content (AvgIpc) is 1.89. The van der Waals surface area contributed by atoms with Crippen molar-refractivity contribution in [3.63, 3.8) is 0 Å². The van der Waals surface area contributed by atoms with E-state index in [2.05, 4.69) is 11.9 Å². The van der Waals surface area contributed by atoms with Crippen LogP contribution < -0.4 is 5.32 Å². The molecule has 1 aliphatic heterocycles. The largest absolute Gasteiger partial charge is 0.306 e. The number of hydroxylamine groups is 3. The maximum atomic E-state index is 9.70. The molecule has 0 radical (unpaired) electrons. The van der Waals surface area contributed by atoms with E-state index in [0.29, 0.717) is 6.54 Å². The van der Waals surface area contributed by atoms with Crippen LogP contribution in [-0.2, 0) is 0 Å². The number of nitrogens with zero attached hydrogens (tertiary/aromatic N) is 1. The van der Waals surface area contributed by atoms with E-state index < -0.39 is 0 Å². The Labute approximate surface area is 61.5 Å². The van der Waals surface area contributed by atoms with Crippen molar-refractivity contribution in [2.45, 2.75) is 0 Å². The van der Waals surface area contributed by atoms with Crippen LogP contribution in [0.3, 0.4) is 0 Å². The molecular formula is C7H15N2O+.